The number of nitrogens with one attached hydrogen (secondary N) is 1. The topological polar surface area (TPSA) is 70.6 Å². The van der Waals surface area contributed by atoms with Gasteiger partial charge in [0.2, 0.25) is 5.95 Å². The lowest BCUT2D eigenvalue weighted by molar-refractivity contribution is -0.137. The summed E-state index contributed by atoms with van der Waals surface area (Å²) in [6.07, 6.45) is 0.580. The van der Waals surface area contributed by atoms with Gasteiger partial charge in [0.05, 0.1) is 29.8 Å². The van der Waals surface area contributed by atoms with E-state index in [4.69, 9.17) is 4.74 Å². The molecule has 3 aliphatic heterocycles. The lowest BCUT2D eigenvalue weighted by atomic mass is 9.95. The molecule has 0 radical (unpaired) electrons. The van der Waals surface area contributed by atoms with Crippen LogP contribution in [0.5, 0.6) is 0 Å². The van der Waals surface area contributed by atoms with Crippen molar-refractivity contribution in [3.63, 3.8) is 0 Å². The molecule has 1 saturated carbocycles. The summed E-state index contributed by atoms with van der Waals surface area (Å²) in [5.74, 6) is 1.47. The molecule has 2 aromatic heterocycles. The van der Waals surface area contributed by atoms with E-state index < -0.39 is 11.7 Å². The van der Waals surface area contributed by atoms with E-state index in [9.17, 15) is 18.0 Å². The second-order valence-electron chi connectivity index (χ2n) is 11.5. The largest absolute Gasteiger partial charge is 0.420 e. The number of thioether (sulfide) groups is 1. The molecule has 1 N–H and O–H groups in total. The first-order valence-electron chi connectivity index (χ1n) is 14.5. The molecule has 42 heavy (non-hydrogen) atoms. The Labute approximate surface area is 250 Å². The molecule has 3 aromatic rings. The van der Waals surface area contributed by atoms with Gasteiger partial charge in [-0.15, -0.1) is 23.1 Å². The predicted octanol–water partition coefficient (Wildman–Crippen LogP) is 6.24. The number of aromatic nitrogens is 2. The number of halogens is 3. The summed E-state index contributed by atoms with van der Waals surface area (Å²) in [6.45, 7) is 6.75. The van der Waals surface area contributed by atoms with Crippen LogP contribution in [0.2, 0.25) is 0 Å². The van der Waals surface area contributed by atoms with Crippen molar-refractivity contribution in [2.75, 3.05) is 43.9 Å². The van der Waals surface area contributed by atoms with Crippen LogP contribution in [0.25, 0.3) is 10.6 Å². The zero-order valence-corrected chi connectivity index (χ0v) is 24.9. The van der Waals surface area contributed by atoms with Gasteiger partial charge in [0.15, 0.2) is 0 Å². The first-order valence-corrected chi connectivity index (χ1v) is 16.3. The number of aryl methyl sites for hydroxylation is 1. The number of fused-ring (bicyclic) bond motifs is 2. The molecular weight excluding hydrogens is 583 g/mol. The molecule has 1 amide bonds. The number of anilines is 2. The second-order valence-corrected chi connectivity index (χ2v) is 13.7. The zero-order valence-electron chi connectivity index (χ0n) is 23.3. The van der Waals surface area contributed by atoms with E-state index in [0.29, 0.717) is 40.2 Å². The van der Waals surface area contributed by atoms with Crippen molar-refractivity contribution >= 4 is 40.6 Å². The van der Waals surface area contributed by atoms with Crippen LogP contribution >= 0.6 is 23.1 Å². The summed E-state index contributed by atoms with van der Waals surface area (Å²) in [5.41, 5.74) is 3.36. The minimum Gasteiger partial charge on any atom is -0.377 e. The van der Waals surface area contributed by atoms with E-state index in [1.807, 2.05) is 0 Å². The van der Waals surface area contributed by atoms with E-state index in [1.54, 1.807) is 11.0 Å². The van der Waals surface area contributed by atoms with Gasteiger partial charge in [0, 0.05) is 48.7 Å². The number of thiophene rings is 1. The Hall–Kier alpha value is -2.67. The number of hydrogen-bond acceptors (Lipinski definition) is 8. The highest BCUT2D eigenvalue weighted by Gasteiger charge is 2.38. The van der Waals surface area contributed by atoms with Crippen LogP contribution in [0, 0.1) is 5.92 Å². The third-order valence-electron chi connectivity index (χ3n) is 8.49. The zero-order chi connectivity index (χ0) is 29.0. The number of carbonyl (C=O) groups is 1. The average Bonchev–Trinajstić information content (AvgIpc) is 3.67. The third-order valence-corrected chi connectivity index (χ3v) is 10.8. The van der Waals surface area contributed by atoms with Crippen molar-refractivity contribution in [3.05, 3.63) is 51.5 Å². The van der Waals surface area contributed by atoms with Crippen LogP contribution in [-0.4, -0.2) is 70.3 Å². The molecule has 2 fully saturated rings. The summed E-state index contributed by atoms with van der Waals surface area (Å²) in [4.78, 5) is 27.7. The van der Waals surface area contributed by atoms with Gasteiger partial charge in [0.25, 0.3) is 5.91 Å². The molecule has 1 aromatic carbocycles. The minimum atomic E-state index is -4.64. The predicted molar refractivity (Wildman–Crippen MR) is 158 cm³/mol. The lowest BCUT2D eigenvalue weighted by Gasteiger charge is -2.36. The van der Waals surface area contributed by atoms with Gasteiger partial charge < -0.3 is 15.0 Å². The maximum atomic E-state index is 14.2. The van der Waals surface area contributed by atoms with Gasteiger partial charge in [-0.3, -0.25) is 9.69 Å². The summed E-state index contributed by atoms with van der Waals surface area (Å²) < 4.78 is 47.8. The molecule has 0 spiro atoms. The average molecular weight is 616 g/mol. The Morgan fingerprint density at radius 2 is 1.98 bits per heavy atom. The quantitative estimate of drug-likeness (QED) is 0.337. The fourth-order valence-electron chi connectivity index (χ4n) is 5.89. The van der Waals surface area contributed by atoms with Gasteiger partial charge in [-0.25, -0.2) is 9.97 Å². The molecule has 0 unspecified atom stereocenters. The summed E-state index contributed by atoms with van der Waals surface area (Å²) in [5, 5.41) is 3.24. The highest BCUT2D eigenvalue weighted by atomic mass is 32.2. The van der Waals surface area contributed by atoms with Crippen molar-refractivity contribution in [1.29, 1.82) is 0 Å². The SMILES string of the molecule is CCc1cc2c(cc1Nc1ncc(C(F)(F)F)c(-c3cc4c(s3)C(=O)N(C3COC3)CCS4)n1)CCN(CC1CC1)C2. The summed E-state index contributed by atoms with van der Waals surface area (Å²) in [6, 6.07) is 6.03. The number of amides is 1. The van der Waals surface area contributed by atoms with Crippen molar-refractivity contribution < 1.29 is 22.7 Å². The number of ether oxygens (including phenoxy) is 1. The van der Waals surface area contributed by atoms with Crippen LogP contribution in [0.15, 0.2) is 29.3 Å². The fourth-order valence-corrected chi connectivity index (χ4v) is 8.21. The van der Waals surface area contributed by atoms with Gasteiger partial charge >= 0.3 is 6.18 Å². The van der Waals surface area contributed by atoms with Crippen LogP contribution in [-0.2, 0) is 30.3 Å². The number of benzene rings is 1. The minimum absolute atomic E-state index is 0.0147. The number of alkyl halides is 3. The molecule has 4 aliphatic rings. The van der Waals surface area contributed by atoms with Crippen LogP contribution in [0.1, 0.15) is 51.7 Å². The Morgan fingerprint density at radius 1 is 1.14 bits per heavy atom. The fraction of sp³-hybridized carbons (Fsp3) is 0.500. The first kappa shape index (κ1) is 28.1. The molecule has 222 valence electrons. The Kier molecular flexibility index (Phi) is 7.44. The van der Waals surface area contributed by atoms with E-state index in [-0.39, 0.29) is 23.6 Å². The highest BCUT2D eigenvalue weighted by Crippen LogP contribution is 2.44. The summed E-state index contributed by atoms with van der Waals surface area (Å²) in [7, 11) is 0. The molecule has 12 heteroatoms. The van der Waals surface area contributed by atoms with E-state index >= 15 is 0 Å². The smallest absolute Gasteiger partial charge is 0.377 e. The molecular formula is C30H32F3N5O2S2. The number of nitrogens with zero attached hydrogens (tertiary/aromatic N) is 4. The van der Waals surface area contributed by atoms with Gasteiger partial charge in [0.1, 0.15) is 10.4 Å². The van der Waals surface area contributed by atoms with E-state index in [2.05, 4.69) is 39.2 Å². The van der Waals surface area contributed by atoms with E-state index in [1.165, 1.54) is 35.7 Å². The Morgan fingerprint density at radius 3 is 2.69 bits per heavy atom. The van der Waals surface area contributed by atoms with Crippen molar-refractivity contribution in [2.45, 2.75) is 56.3 Å². The normalized spacial score (nSPS) is 19.7. The maximum absolute atomic E-state index is 14.2. The molecule has 0 atom stereocenters. The van der Waals surface area contributed by atoms with E-state index in [0.717, 1.165) is 67.2 Å². The number of rotatable bonds is 7. The molecule has 5 heterocycles. The standard InChI is InChI=1S/C30H32F3N5O2S2/c1-2-18-9-20-14-37(13-17-3-4-17)6-5-19(20)10-23(18)35-29-34-12-22(30(31,32)33)26(36-29)24-11-25-27(42-24)28(39)38(7-8-41-25)21-15-40-16-21/h9-12,17,21H,2-8,13-16H2,1H3,(H,34,35,36). The van der Waals surface area contributed by atoms with Crippen LogP contribution in [0.4, 0.5) is 24.8 Å². The monoisotopic (exact) mass is 615 g/mol. The van der Waals surface area contributed by atoms with Crippen LogP contribution < -0.4 is 5.32 Å². The van der Waals surface area contributed by atoms with Crippen molar-refractivity contribution in [2.24, 2.45) is 5.92 Å². The molecule has 0 bridgehead atoms. The van der Waals surface area contributed by atoms with Crippen molar-refractivity contribution in [3.8, 4) is 10.6 Å². The second kappa shape index (κ2) is 11.1. The molecule has 7 nitrogen and oxygen atoms in total. The maximum Gasteiger partial charge on any atom is 0.420 e. The Balaban J connectivity index is 1.20. The van der Waals surface area contributed by atoms with Gasteiger partial charge in [-0.1, -0.05) is 13.0 Å². The molecule has 1 aliphatic carbocycles. The first-order chi connectivity index (χ1) is 20.3. The van der Waals surface area contributed by atoms with Crippen LogP contribution in [0.3, 0.4) is 0 Å². The highest BCUT2D eigenvalue weighted by molar-refractivity contribution is 7.99. The Bertz CT molecular complexity index is 1520. The van der Waals surface area contributed by atoms with Crippen molar-refractivity contribution in [1.82, 2.24) is 19.8 Å². The third kappa shape index (κ3) is 5.54. The molecule has 7 rings (SSSR count). The van der Waals surface area contributed by atoms with Gasteiger partial charge in [-0.05, 0) is 60.4 Å². The number of hydrogen-bond donors (Lipinski definition) is 1. The van der Waals surface area contributed by atoms with Gasteiger partial charge in [-0.2, -0.15) is 13.2 Å². The number of carbonyl (C=O) groups excluding carboxylic acids is 1. The lowest BCUT2D eigenvalue weighted by Crippen LogP contribution is -2.52. The molecule has 1 saturated heterocycles. The summed E-state index contributed by atoms with van der Waals surface area (Å²) >= 11 is 2.56.